The van der Waals surface area contributed by atoms with Gasteiger partial charge in [0, 0.05) is 44.0 Å². The molecule has 2 fully saturated rings. The SMILES string of the molecule is COc1ccc(OC)c([C@@H]2CCCN2C(=O)CN2CCN(c3ccccc3)CC2)c1. The number of piperazine rings is 1. The Bertz CT molecular complexity index is 850. The Kier molecular flexibility index (Phi) is 6.43. The number of ether oxygens (including phenoxy) is 2. The van der Waals surface area contributed by atoms with Crippen molar-refractivity contribution >= 4 is 11.6 Å². The number of hydrogen-bond acceptors (Lipinski definition) is 5. The summed E-state index contributed by atoms with van der Waals surface area (Å²) < 4.78 is 11.0. The van der Waals surface area contributed by atoms with Crippen LogP contribution in [0.2, 0.25) is 0 Å². The summed E-state index contributed by atoms with van der Waals surface area (Å²) in [6, 6.07) is 16.4. The number of para-hydroxylation sites is 1. The minimum atomic E-state index is 0.0492. The maximum Gasteiger partial charge on any atom is 0.237 e. The fourth-order valence-electron chi connectivity index (χ4n) is 4.57. The van der Waals surface area contributed by atoms with E-state index in [1.165, 1.54) is 5.69 Å². The van der Waals surface area contributed by atoms with E-state index in [2.05, 4.69) is 34.1 Å². The maximum absolute atomic E-state index is 13.2. The van der Waals surface area contributed by atoms with Gasteiger partial charge in [-0.15, -0.1) is 0 Å². The summed E-state index contributed by atoms with van der Waals surface area (Å²) in [4.78, 5) is 19.9. The van der Waals surface area contributed by atoms with Crippen LogP contribution in [0.5, 0.6) is 11.5 Å². The van der Waals surface area contributed by atoms with Crippen LogP contribution in [-0.4, -0.2) is 69.2 Å². The van der Waals surface area contributed by atoms with Gasteiger partial charge in [-0.3, -0.25) is 9.69 Å². The molecular formula is C24H31N3O3. The van der Waals surface area contributed by atoms with Gasteiger partial charge in [-0.05, 0) is 43.2 Å². The third kappa shape index (κ3) is 4.38. The highest BCUT2D eigenvalue weighted by molar-refractivity contribution is 5.79. The maximum atomic E-state index is 13.2. The van der Waals surface area contributed by atoms with Crippen LogP contribution in [0.1, 0.15) is 24.4 Å². The lowest BCUT2D eigenvalue weighted by Crippen LogP contribution is -2.50. The third-order valence-corrected chi connectivity index (χ3v) is 6.22. The van der Waals surface area contributed by atoms with Crippen LogP contribution >= 0.6 is 0 Å². The van der Waals surface area contributed by atoms with E-state index in [-0.39, 0.29) is 11.9 Å². The quantitative estimate of drug-likeness (QED) is 0.733. The van der Waals surface area contributed by atoms with Crippen LogP contribution in [0.4, 0.5) is 5.69 Å². The lowest BCUT2D eigenvalue weighted by Gasteiger charge is -2.37. The summed E-state index contributed by atoms with van der Waals surface area (Å²) in [5, 5.41) is 0. The lowest BCUT2D eigenvalue weighted by molar-refractivity contribution is -0.133. The summed E-state index contributed by atoms with van der Waals surface area (Å²) in [6.45, 7) is 4.98. The highest BCUT2D eigenvalue weighted by Crippen LogP contribution is 2.39. The van der Waals surface area contributed by atoms with Gasteiger partial charge in [0.15, 0.2) is 0 Å². The molecule has 1 amide bonds. The fourth-order valence-corrected chi connectivity index (χ4v) is 4.57. The predicted molar refractivity (Wildman–Crippen MR) is 118 cm³/mol. The number of anilines is 1. The molecule has 6 nitrogen and oxygen atoms in total. The molecular weight excluding hydrogens is 378 g/mol. The normalized spacial score (nSPS) is 19.7. The zero-order valence-corrected chi connectivity index (χ0v) is 17.9. The second-order valence-corrected chi connectivity index (χ2v) is 7.95. The smallest absolute Gasteiger partial charge is 0.237 e. The molecule has 0 aromatic heterocycles. The Morgan fingerprint density at radius 3 is 2.43 bits per heavy atom. The van der Waals surface area contributed by atoms with Crippen LogP contribution in [0, 0.1) is 0 Å². The monoisotopic (exact) mass is 409 g/mol. The van der Waals surface area contributed by atoms with Crippen molar-refractivity contribution in [3.05, 3.63) is 54.1 Å². The first-order valence-corrected chi connectivity index (χ1v) is 10.7. The minimum Gasteiger partial charge on any atom is -0.497 e. The van der Waals surface area contributed by atoms with Crippen molar-refractivity contribution in [2.75, 3.05) is 58.4 Å². The van der Waals surface area contributed by atoms with Gasteiger partial charge in [0.1, 0.15) is 11.5 Å². The molecule has 0 N–H and O–H groups in total. The molecule has 0 spiro atoms. The standard InChI is InChI=1S/C24H31N3O3/c1-29-20-10-11-23(30-2)21(17-20)22-9-6-12-27(22)24(28)18-25-13-15-26(16-14-25)19-7-4-3-5-8-19/h3-5,7-8,10-11,17,22H,6,9,12-16,18H2,1-2H3/t22-/m0/s1. The minimum absolute atomic E-state index is 0.0492. The Balaban J connectivity index is 1.39. The van der Waals surface area contributed by atoms with Crippen LogP contribution in [0.3, 0.4) is 0 Å². The number of hydrogen-bond donors (Lipinski definition) is 0. The molecule has 160 valence electrons. The van der Waals surface area contributed by atoms with Crippen molar-refractivity contribution in [1.82, 2.24) is 9.80 Å². The van der Waals surface area contributed by atoms with Gasteiger partial charge in [0.2, 0.25) is 5.91 Å². The van der Waals surface area contributed by atoms with Gasteiger partial charge < -0.3 is 19.3 Å². The molecule has 2 heterocycles. The molecule has 0 aliphatic carbocycles. The fraction of sp³-hybridized carbons (Fsp3) is 0.458. The van der Waals surface area contributed by atoms with Gasteiger partial charge in [0.25, 0.3) is 0 Å². The van der Waals surface area contributed by atoms with E-state index in [0.717, 1.165) is 62.6 Å². The second kappa shape index (κ2) is 9.39. The van der Waals surface area contributed by atoms with Gasteiger partial charge in [-0.1, -0.05) is 18.2 Å². The molecule has 0 radical (unpaired) electrons. The molecule has 1 atom stereocenters. The van der Waals surface area contributed by atoms with E-state index in [0.29, 0.717) is 6.54 Å². The number of carbonyl (C=O) groups excluding carboxylic acids is 1. The summed E-state index contributed by atoms with van der Waals surface area (Å²) >= 11 is 0. The molecule has 2 aromatic carbocycles. The van der Waals surface area contributed by atoms with E-state index in [4.69, 9.17) is 9.47 Å². The summed E-state index contributed by atoms with van der Waals surface area (Å²) in [5.74, 6) is 1.81. The van der Waals surface area contributed by atoms with Gasteiger partial charge in [0.05, 0.1) is 26.8 Å². The molecule has 2 aliphatic rings. The van der Waals surface area contributed by atoms with Crippen molar-refractivity contribution in [2.24, 2.45) is 0 Å². The largest absolute Gasteiger partial charge is 0.497 e. The van der Waals surface area contributed by atoms with Crippen molar-refractivity contribution in [3.8, 4) is 11.5 Å². The molecule has 4 rings (SSSR count). The second-order valence-electron chi connectivity index (χ2n) is 7.95. The summed E-state index contributed by atoms with van der Waals surface area (Å²) in [7, 11) is 3.34. The number of carbonyl (C=O) groups is 1. The molecule has 6 heteroatoms. The zero-order valence-electron chi connectivity index (χ0n) is 17.9. The van der Waals surface area contributed by atoms with Crippen molar-refractivity contribution in [2.45, 2.75) is 18.9 Å². The predicted octanol–water partition coefficient (Wildman–Crippen LogP) is 3.19. The average Bonchev–Trinajstić information content (AvgIpc) is 3.30. The Morgan fingerprint density at radius 1 is 0.967 bits per heavy atom. The van der Waals surface area contributed by atoms with Crippen LogP contribution in [0.25, 0.3) is 0 Å². The lowest BCUT2D eigenvalue weighted by atomic mass is 10.0. The molecule has 30 heavy (non-hydrogen) atoms. The highest BCUT2D eigenvalue weighted by Gasteiger charge is 2.33. The molecule has 0 bridgehead atoms. The molecule has 2 saturated heterocycles. The zero-order chi connectivity index (χ0) is 20.9. The van der Waals surface area contributed by atoms with E-state index in [1.54, 1.807) is 14.2 Å². The first-order chi connectivity index (χ1) is 14.7. The number of rotatable bonds is 6. The van der Waals surface area contributed by atoms with Crippen molar-refractivity contribution in [3.63, 3.8) is 0 Å². The first kappa shape index (κ1) is 20.5. The highest BCUT2D eigenvalue weighted by atomic mass is 16.5. The average molecular weight is 410 g/mol. The molecule has 0 unspecified atom stereocenters. The number of methoxy groups -OCH3 is 2. The van der Waals surface area contributed by atoms with Gasteiger partial charge in [-0.2, -0.15) is 0 Å². The van der Waals surface area contributed by atoms with Gasteiger partial charge >= 0.3 is 0 Å². The molecule has 2 aliphatic heterocycles. The van der Waals surface area contributed by atoms with Crippen molar-refractivity contribution in [1.29, 1.82) is 0 Å². The van der Waals surface area contributed by atoms with E-state index >= 15 is 0 Å². The number of likely N-dealkylation sites (tertiary alicyclic amines) is 1. The van der Waals surface area contributed by atoms with E-state index in [9.17, 15) is 4.79 Å². The summed E-state index contributed by atoms with van der Waals surface area (Å²) in [6.07, 6.45) is 1.97. The van der Waals surface area contributed by atoms with Crippen molar-refractivity contribution < 1.29 is 14.3 Å². The topological polar surface area (TPSA) is 45.3 Å². The van der Waals surface area contributed by atoms with Crippen LogP contribution in [-0.2, 0) is 4.79 Å². The van der Waals surface area contributed by atoms with E-state index in [1.807, 2.05) is 29.2 Å². The molecule has 0 saturated carbocycles. The Hall–Kier alpha value is -2.73. The molecule has 2 aromatic rings. The number of benzene rings is 2. The third-order valence-electron chi connectivity index (χ3n) is 6.22. The first-order valence-electron chi connectivity index (χ1n) is 10.7. The van der Waals surface area contributed by atoms with E-state index < -0.39 is 0 Å². The Labute approximate surface area is 179 Å². The number of amides is 1. The van der Waals surface area contributed by atoms with Crippen LogP contribution < -0.4 is 14.4 Å². The number of nitrogens with zero attached hydrogens (tertiary/aromatic N) is 3. The van der Waals surface area contributed by atoms with Gasteiger partial charge in [-0.25, -0.2) is 0 Å². The van der Waals surface area contributed by atoms with Crippen LogP contribution in [0.15, 0.2) is 48.5 Å². The Morgan fingerprint density at radius 2 is 1.73 bits per heavy atom. The summed E-state index contributed by atoms with van der Waals surface area (Å²) in [5.41, 5.74) is 2.30.